The van der Waals surface area contributed by atoms with Crippen molar-refractivity contribution in [2.45, 2.75) is 40.6 Å². The molecule has 5 aromatic rings. The first-order valence-corrected chi connectivity index (χ1v) is 14.9. The van der Waals surface area contributed by atoms with Gasteiger partial charge in [0.25, 0.3) is 0 Å². The van der Waals surface area contributed by atoms with Crippen molar-refractivity contribution >= 4 is 17.9 Å². The fourth-order valence-corrected chi connectivity index (χ4v) is 5.20. The first-order chi connectivity index (χ1) is 22.3. The van der Waals surface area contributed by atoms with Gasteiger partial charge in [0.05, 0.1) is 16.7 Å². The Bertz CT molecular complexity index is 1820. The minimum atomic E-state index is -0.607. The lowest BCUT2D eigenvalue weighted by atomic mass is 9.91. The number of aryl methyl sites for hydroxylation is 3. The molecule has 7 nitrogen and oxygen atoms in total. The van der Waals surface area contributed by atoms with E-state index >= 15 is 0 Å². The summed E-state index contributed by atoms with van der Waals surface area (Å²) in [7, 11) is 0. The lowest BCUT2D eigenvalue weighted by Crippen LogP contribution is -2.10. The number of hydrogen-bond acceptors (Lipinski definition) is 7. The van der Waals surface area contributed by atoms with Crippen LogP contribution in [0.5, 0.6) is 0 Å². The molecule has 0 aliphatic heterocycles. The minimum Gasteiger partial charge on any atom is -0.457 e. The van der Waals surface area contributed by atoms with Crippen LogP contribution in [0.3, 0.4) is 0 Å². The zero-order valence-corrected chi connectivity index (χ0v) is 25.9. The Kier molecular flexibility index (Phi) is 10.4. The van der Waals surface area contributed by atoms with Gasteiger partial charge in [-0.15, -0.1) is 0 Å². The van der Waals surface area contributed by atoms with Gasteiger partial charge in [0, 0.05) is 0 Å². The van der Waals surface area contributed by atoms with E-state index in [9.17, 15) is 14.4 Å². The van der Waals surface area contributed by atoms with Crippen molar-refractivity contribution in [1.29, 1.82) is 0 Å². The Morgan fingerprint density at radius 1 is 0.500 bits per heavy atom. The maximum absolute atomic E-state index is 12.9. The number of rotatable bonds is 11. The summed E-state index contributed by atoms with van der Waals surface area (Å²) in [5, 5.41) is 0. The van der Waals surface area contributed by atoms with E-state index in [2.05, 4.69) is 19.1 Å². The zero-order valence-electron chi connectivity index (χ0n) is 25.9. The van der Waals surface area contributed by atoms with Crippen LogP contribution < -0.4 is 0 Å². The van der Waals surface area contributed by atoms with Crippen LogP contribution in [0.4, 0.5) is 0 Å². The third kappa shape index (κ3) is 7.94. The van der Waals surface area contributed by atoms with Gasteiger partial charge in [-0.3, -0.25) is 4.89 Å². The van der Waals surface area contributed by atoms with E-state index in [1.54, 1.807) is 78.9 Å². The summed E-state index contributed by atoms with van der Waals surface area (Å²) in [6.07, 6.45) is 0. The van der Waals surface area contributed by atoms with Gasteiger partial charge in [-0.1, -0.05) is 72.8 Å². The first kappa shape index (κ1) is 31.9. The van der Waals surface area contributed by atoms with Gasteiger partial charge in [0.1, 0.15) is 19.8 Å². The summed E-state index contributed by atoms with van der Waals surface area (Å²) in [4.78, 5) is 48.6. The Hall–Kier alpha value is -5.53. The van der Waals surface area contributed by atoms with Crippen LogP contribution in [-0.2, 0) is 39.1 Å². The fourth-order valence-electron chi connectivity index (χ4n) is 5.20. The first-order valence-electron chi connectivity index (χ1n) is 14.9. The van der Waals surface area contributed by atoms with Crippen LogP contribution in [0, 0.1) is 20.8 Å². The van der Waals surface area contributed by atoms with E-state index in [0.29, 0.717) is 33.4 Å². The van der Waals surface area contributed by atoms with E-state index in [1.807, 2.05) is 38.1 Å². The highest BCUT2D eigenvalue weighted by molar-refractivity contribution is 5.91. The van der Waals surface area contributed by atoms with Crippen molar-refractivity contribution in [3.05, 3.63) is 165 Å². The Morgan fingerprint density at radius 3 is 1.63 bits per heavy atom. The molecular formula is C39H34O7. The smallest absolute Gasteiger partial charge is 0.373 e. The fraction of sp³-hybridized carbons (Fsp3) is 0.154. The molecule has 0 heterocycles. The SMILES string of the molecule is Cc1ccccc1-c1c(C)cc(C(=O)OOCc2ccc(COC(=O)c3ccccc3)c(COC(=O)c3ccccc3)c2)cc1C. The molecule has 46 heavy (non-hydrogen) atoms. The normalized spacial score (nSPS) is 10.7. The summed E-state index contributed by atoms with van der Waals surface area (Å²) >= 11 is 0. The molecule has 0 bridgehead atoms. The molecule has 0 N–H and O–H groups in total. The molecule has 0 saturated heterocycles. The van der Waals surface area contributed by atoms with E-state index in [4.69, 9.17) is 19.2 Å². The molecule has 232 valence electrons. The van der Waals surface area contributed by atoms with Crippen molar-refractivity contribution < 1.29 is 33.6 Å². The highest BCUT2D eigenvalue weighted by Gasteiger charge is 2.17. The number of carbonyl (C=O) groups is 3. The highest BCUT2D eigenvalue weighted by Crippen LogP contribution is 2.31. The summed E-state index contributed by atoms with van der Waals surface area (Å²) in [6, 6.07) is 34.4. The zero-order chi connectivity index (χ0) is 32.5. The molecule has 0 aromatic heterocycles. The van der Waals surface area contributed by atoms with E-state index < -0.39 is 17.9 Å². The van der Waals surface area contributed by atoms with Crippen LogP contribution in [0.1, 0.15) is 64.5 Å². The molecule has 0 atom stereocenters. The summed E-state index contributed by atoms with van der Waals surface area (Å²) in [6.45, 7) is 5.86. The lowest BCUT2D eigenvalue weighted by Gasteiger charge is -2.15. The number of esters is 2. The molecule has 0 saturated carbocycles. The van der Waals surface area contributed by atoms with Crippen LogP contribution in [0.25, 0.3) is 11.1 Å². The largest absolute Gasteiger partial charge is 0.457 e. The Morgan fingerprint density at radius 2 is 1.04 bits per heavy atom. The summed E-state index contributed by atoms with van der Waals surface area (Å²) in [5.74, 6) is -1.56. The monoisotopic (exact) mass is 614 g/mol. The van der Waals surface area contributed by atoms with Crippen molar-refractivity contribution in [3.63, 3.8) is 0 Å². The van der Waals surface area contributed by atoms with E-state index in [-0.39, 0.29) is 19.8 Å². The third-order valence-corrected chi connectivity index (χ3v) is 7.55. The quantitative estimate of drug-likeness (QED) is 0.0840. The second kappa shape index (κ2) is 15.0. The Labute approximate surface area is 268 Å². The molecule has 0 radical (unpaired) electrons. The third-order valence-electron chi connectivity index (χ3n) is 7.55. The van der Waals surface area contributed by atoms with E-state index in [1.165, 1.54) is 0 Å². The molecule has 0 fully saturated rings. The maximum atomic E-state index is 12.9. The predicted molar refractivity (Wildman–Crippen MR) is 174 cm³/mol. The number of benzene rings is 5. The van der Waals surface area contributed by atoms with Gasteiger partial charge in [-0.2, -0.15) is 4.89 Å². The molecule has 0 unspecified atom stereocenters. The topological polar surface area (TPSA) is 88.1 Å². The van der Waals surface area contributed by atoms with Crippen molar-refractivity contribution in [2.75, 3.05) is 0 Å². The van der Waals surface area contributed by atoms with E-state index in [0.717, 1.165) is 27.8 Å². The highest BCUT2D eigenvalue weighted by atomic mass is 17.2. The Balaban J connectivity index is 1.26. The number of ether oxygens (including phenoxy) is 2. The predicted octanol–water partition coefficient (Wildman–Crippen LogP) is 8.28. The van der Waals surface area contributed by atoms with Crippen molar-refractivity contribution in [3.8, 4) is 11.1 Å². The van der Waals surface area contributed by atoms with Gasteiger partial charge >= 0.3 is 17.9 Å². The van der Waals surface area contributed by atoms with Gasteiger partial charge in [-0.05, 0) is 108 Å². The second-order valence-electron chi connectivity index (χ2n) is 10.9. The molecule has 7 heteroatoms. The molecule has 5 rings (SSSR count). The number of hydrogen-bond donors (Lipinski definition) is 0. The molecule has 0 spiro atoms. The lowest BCUT2D eigenvalue weighted by molar-refractivity contribution is -0.250. The van der Waals surface area contributed by atoms with Gasteiger partial charge in [0.15, 0.2) is 0 Å². The van der Waals surface area contributed by atoms with Crippen molar-refractivity contribution in [2.24, 2.45) is 0 Å². The second-order valence-corrected chi connectivity index (χ2v) is 10.9. The van der Waals surface area contributed by atoms with Crippen molar-refractivity contribution in [1.82, 2.24) is 0 Å². The standard InChI is InChI=1S/C39H34O7/c1-26-12-10-11-17-35(26)36-27(2)20-33(21-28(36)3)39(42)46-45-23-29-18-19-32(24-43-37(40)30-13-6-4-7-14-30)34(22-29)25-44-38(41)31-15-8-5-9-16-31/h4-22H,23-25H2,1-3H3. The molecular weight excluding hydrogens is 580 g/mol. The average Bonchev–Trinajstić information content (AvgIpc) is 3.07. The molecule has 0 amide bonds. The summed E-state index contributed by atoms with van der Waals surface area (Å²) in [5.41, 5.74) is 8.46. The molecule has 5 aromatic carbocycles. The van der Waals surface area contributed by atoms with Crippen LogP contribution in [-0.4, -0.2) is 17.9 Å². The van der Waals surface area contributed by atoms with Gasteiger partial charge in [0.2, 0.25) is 0 Å². The van der Waals surface area contributed by atoms with Gasteiger partial charge in [-0.25, -0.2) is 14.4 Å². The average molecular weight is 615 g/mol. The van der Waals surface area contributed by atoms with Crippen LogP contribution in [0.15, 0.2) is 115 Å². The molecule has 0 aliphatic carbocycles. The van der Waals surface area contributed by atoms with Gasteiger partial charge < -0.3 is 9.47 Å². The van der Waals surface area contributed by atoms with Crippen LogP contribution >= 0.6 is 0 Å². The number of carbonyl (C=O) groups excluding carboxylic acids is 3. The maximum Gasteiger partial charge on any atom is 0.373 e. The molecule has 0 aliphatic rings. The summed E-state index contributed by atoms with van der Waals surface area (Å²) < 4.78 is 11.1. The van der Waals surface area contributed by atoms with Crippen LogP contribution in [0.2, 0.25) is 0 Å². The minimum absolute atomic E-state index is 0.0285.